The van der Waals surface area contributed by atoms with Crippen LogP contribution in [0.3, 0.4) is 0 Å². The first kappa shape index (κ1) is 14.6. The van der Waals surface area contributed by atoms with Crippen molar-refractivity contribution in [1.82, 2.24) is 19.7 Å². The summed E-state index contributed by atoms with van der Waals surface area (Å²) in [5.74, 6) is 0. The maximum Gasteiger partial charge on any atom is 0.282 e. The van der Waals surface area contributed by atoms with Crippen molar-refractivity contribution >= 4 is 34.9 Å². The Labute approximate surface area is 136 Å². The van der Waals surface area contributed by atoms with Crippen LogP contribution in [0.2, 0.25) is 5.02 Å². The Hall–Kier alpha value is -2.37. The van der Waals surface area contributed by atoms with Crippen molar-refractivity contribution in [1.29, 1.82) is 0 Å². The summed E-state index contributed by atoms with van der Waals surface area (Å²) in [5.41, 5.74) is 2.56. The van der Waals surface area contributed by atoms with Crippen LogP contribution in [-0.4, -0.2) is 19.7 Å². The standard InChI is InChI=1S/C15H9ClN4O.ClH/c16-9-1-3-10(4-2-9)20-15(21)12-8-18-13-5-6-17-7-11(13)14(12)19-20;/h1-8,18H;1H. The van der Waals surface area contributed by atoms with Gasteiger partial charge in [-0.3, -0.25) is 9.78 Å². The lowest BCUT2D eigenvalue weighted by Crippen LogP contribution is -2.14. The summed E-state index contributed by atoms with van der Waals surface area (Å²) in [6, 6.07) is 8.84. The Morgan fingerprint density at radius 1 is 1.14 bits per heavy atom. The number of hydrogen-bond donors (Lipinski definition) is 1. The van der Waals surface area contributed by atoms with Gasteiger partial charge in [-0.2, -0.15) is 9.78 Å². The van der Waals surface area contributed by atoms with Crippen LogP contribution in [0, 0.1) is 0 Å². The molecule has 2 aliphatic rings. The number of nitrogens with one attached hydrogen (secondary N) is 1. The highest BCUT2D eigenvalue weighted by atomic mass is 35.5. The molecule has 0 aliphatic carbocycles. The van der Waals surface area contributed by atoms with E-state index in [1.807, 2.05) is 6.07 Å². The smallest absolute Gasteiger partial charge is 0.282 e. The summed E-state index contributed by atoms with van der Waals surface area (Å²) >= 11 is 5.87. The topological polar surface area (TPSA) is 63.6 Å². The number of halogens is 2. The number of hydrogen-bond acceptors (Lipinski definition) is 3. The molecule has 4 rings (SSSR count). The molecule has 0 bridgehead atoms. The largest absolute Gasteiger partial charge is 0.360 e. The molecule has 0 radical (unpaired) electrons. The van der Waals surface area contributed by atoms with E-state index in [0.717, 1.165) is 10.9 Å². The first-order valence-electron chi connectivity index (χ1n) is 6.34. The summed E-state index contributed by atoms with van der Waals surface area (Å²) in [6.07, 6.45) is 5.07. The third kappa shape index (κ3) is 2.15. The van der Waals surface area contributed by atoms with E-state index in [9.17, 15) is 4.79 Å². The summed E-state index contributed by atoms with van der Waals surface area (Å²) in [5, 5.41) is 5.88. The van der Waals surface area contributed by atoms with Gasteiger partial charge >= 0.3 is 0 Å². The fourth-order valence-electron chi connectivity index (χ4n) is 2.36. The third-order valence-corrected chi connectivity index (χ3v) is 3.65. The molecule has 0 atom stereocenters. The highest BCUT2D eigenvalue weighted by molar-refractivity contribution is 6.30. The van der Waals surface area contributed by atoms with Crippen LogP contribution in [0.25, 0.3) is 27.8 Å². The van der Waals surface area contributed by atoms with Gasteiger partial charge in [0.05, 0.1) is 16.8 Å². The van der Waals surface area contributed by atoms with Crippen LogP contribution in [0.4, 0.5) is 0 Å². The van der Waals surface area contributed by atoms with Gasteiger partial charge < -0.3 is 4.98 Å². The molecule has 1 aromatic carbocycles. The zero-order valence-electron chi connectivity index (χ0n) is 11.2. The van der Waals surface area contributed by atoms with Gasteiger partial charge in [-0.1, -0.05) is 11.6 Å². The van der Waals surface area contributed by atoms with Crippen molar-refractivity contribution in [3.05, 3.63) is 64.3 Å². The molecule has 7 heteroatoms. The normalized spacial score (nSPS) is 10.8. The van der Waals surface area contributed by atoms with Crippen molar-refractivity contribution in [3.63, 3.8) is 0 Å². The van der Waals surface area contributed by atoms with Gasteiger partial charge in [0, 0.05) is 29.0 Å². The van der Waals surface area contributed by atoms with E-state index in [2.05, 4.69) is 15.1 Å². The average Bonchev–Trinajstić information content (AvgIpc) is 2.86. The first-order chi connectivity index (χ1) is 10.2. The molecule has 0 unspecified atom stereocenters. The van der Waals surface area contributed by atoms with Crippen molar-refractivity contribution in [2.75, 3.05) is 0 Å². The number of aromatic nitrogens is 4. The van der Waals surface area contributed by atoms with Gasteiger partial charge in [-0.25, -0.2) is 0 Å². The minimum Gasteiger partial charge on any atom is -0.360 e. The van der Waals surface area contributed by atoms with Crippen LogP contribution in [-0.2, 0) is 0 Å². The van der Waals surface area contributed by atoms with Gasteiger partial charge in [-0.05, 0) is 30.3 Å². The maximum atomic E-state index is 12.5. The highest BCUT2D eigenvalue weighted by Gasteiger charge is 2.18. The molecule has 3 heterocycles. The molecule has 0 spiro atoms. The Morgan fingerprint density at radius 2 is 1.91 bits per heavy atom. The van der Waals surface area contributed by atoms with E-state index >= 15 is 0 Å². The first-order valence-corrected chi connectivity index (χ1v) is 6.72. The second kappa shape index (κ2) is 5.44. The summed E-state index contributed by atoms with van der Waals surface area (Å²) in [4.78, 5) is 19.7. The van der Waals surface area contributed by atoms with Crippen LogP contribution >= 0.6 is 24.0 Å². The van der Waals surface area contributed by atoms with Gasteiger partial charge in [0.15, 0.2) is 0 Å². The molecule has 0 saturated carbocycles. The van der Waals surface area contributed by atoms with Crippen LogP contribution in [0.5, 0.6) is 0 Å². The Kier molecular flexibility index (Phi) is 3.60. The van der Waals surface area contributed by atoms with Crippen LogP contribution in [0.1, 0.15) is 0 Å². The van der Waals surface area contributed by atoms with Crippen molar-refractivity contribution < 1.29 is 0 Å². The molecule has 0 saturated heterocycles. The van der Waals surface area contributed by atoms with Crippen LogP contribution < -0.4 is 5.56 Å². The average molecular weight is 333 g/mol. The molecule has 0 amide bonds. The summed E-state index contributed by atoms with van der Waals surface area (Å²) < 4.78 is 1.38. The minimum atomic E-state index is -0.172. The highest BCUT2D eigenvalue weighted by Crippen LogP contribution is 2.25. The monoisotopic (exact) mass is 332 g/mol. The van der Waals surface area contributed by atoms with Gasteiger partial charge in [0.2, 0.25) is 0 Å². The maximum absolute atomic E-state index is 12.5. The van der Waals surface area contributed by atoms with E-state index < -0.39 is 0 Å². The molecule has 5 nitrogen and oxygen atoms in total. The predicted octanol–water partition coefficient (Wildman–Crippen LogP) is 3.29. The SMILES string of the molecule is Cl.O=c1c2c[nH]c3ccncc3c-2nn1-c1ccc(Cl)cc1. The van der Waals surface area contributed by atoms with E-state index in [1.165, 1.54) is 4.68 Å². The molecule has 1 aromatic heterocycles. The zero-order chi connectivity index (χ0) is 14.4. The minimum absolute atomic E-state index is 0. The van der Waals surface area contributed by atoms with E-state index in [-0.39, 0.29) is 18.0 Å². The molecule has 110 valence electrons. The quantitative estimate of drug-likeness (QED) is 0.581. The molecule has 22 heavy (non-hydrogen) atoms. The van der Waals surface area contributed by atoms with Crippen LogP contribution in [0.15, 0.2) is 53.7 Å². The van der Waals surface area contributed by atoms with E-state index in [4.69, 9.17) is 11.6 Å². The molecule has 0 fully saturated rings. The molecular formula is C15H10Cl2N4O. The molecular weight excluding hydrogens is 323 g/mol. The van der Waals surface area contributed by atoms with Crippen molar-refractivity contribution in [2.45, 2.75) is 0 Å². The second-order valence-corrected chi connectivity index (χ2v) is 5.10. The Morgan fingerprint density at radius 3 is 2.68 bits per heavy atom. The third-order valence-electron chi connectivity index (χ3n) is 3.40. The fraction of sp³-hybridized carbons (Fsp3) is 0. The Balaban J connectivity index is 0.00000144. The molecule has 2 aliphatic heterocycles. The molecule has 1 N–H and O–H groups in total. The lowest BCUT2D eigenvalue weighted by Gasteiger charge is -2.00. The number of pyridine rings is 2. The summed E-state index contributed by atoms with van der Waals surface area (Å²) in [6.45, 7) is 0. The number of fused-ring (bicyclic) bond motifs is 3. The number of aromatic amines is 1. The van der Waals surface area contributed by atoms with Gasteiger partial charge in [0.25, 0.3) is 5.56 Å². The lowest BCUT2D eigenvalue weighted by molar-refractivity contribution is 0.859. The Bertz CT molecular complexity index is 975. The lowest BCUT2D eigenvalue weighted by atomic mass is 10.1. The van der Waals surface area contributed by atoms with E-state index in [1.54, 1.807) is 42.9 Å². The van der Waals surface area contributed by atoms with Crippen molar-refractivity contribution in [2.24, 2.45) is 0 Å². The second-order valence-electron chi connectivity index (χ2n) is 4.67. The van der Waals surface area contributed by atoms with E-state index in [0.29, 0.717) is 22.0 Å². The molecule has 2 aromatic rings. The number of nitrogens with zero attached hydrogens (tertiary/aromatic N) is 3. The zero-order valence-corrected chi connectivity index (χ0v) is 12.7. The number of H-pyrrole nitrogens is 1. The summed E-state index contributed by atoms with van der Waals surface area (Å²) in [7, 11) is 0. The van der Waals surface area contributed by atoms with Gasteiger partial charge in [0.1, 0.15) is 5.69 Å². The number of benzene rings is 1. The van der Waals surface area contributed by atoms with Crippen molar-refractivity contribution in [3.8, 4) is 16.9 Å². The fourth-order valence-corrected chi connectivity index (χ4v) is 2.49. The number of rotatable bonds is 1. The predicted molar refractivity (Wildman–Crippen MR) is 88.4 cm³/mol. The van der Waals surface area contributed by atoms with Gasteiger partial charge in [-0.15, -0.1) is 12.4 Å².